The topological polar surface area (TPSA) is 29.5 Å². The Kier molecular flexibility index (Phi) is 2.93. The Bertz CT molecular complexity index is 315. The summed E-state index contributed by atoms with van der Waals surface area (Å²) < 4.78 is 29.1. The standard InChI is InChI=1S/C8H7ClF2O2/c1-13-6-3-4(9)2-5(7(6)12)8(10)11/h2-3,8,12H,1H3. The Morgan fingerprint density at radius 1 is 1.46 bits per heavy atom. The van der Waals surface area contributed by atoms with E-state index in [9.17, 15) is 13.9 Å². The van der Waals surface area contributed by atoms with Gasteiger partial charge in [-0.2, -0.15) is 0 Å². The SMILES string of the molecule is COc1cc(Cl)cc(C(F)F)c1O. The second kappa shape index (κ2) is 3.79. The summed E-state index contributed by atoms with van der Waals surface area (Å²) >= 11 is 5.52. The molecule has 72 valence electrons. The molecule has 0 bridgehead atoms. The van der Waals surface area contributed by atoms with Gasteiger partial charge < -0.3 is 9.84 Å². The van der Waals surface area contributed by atoms with E-state index in [0.29, 0.717) is 0 Å². The molecule has 1 N–H and O–H groups in total. The number of methoxy groups -OCH3 is 1. The highest BCUT2D eigenvalue weighted by Crippen LogP contribution is 2.38. The van der Waals surface area contributed by atoms with Crippen LogP contribution >= 0.6 is 11.6 Å². The van der Waals surface area contributed by atoms with Gasteiger partial charge in [-0.15, -0.1) is 0 Å². The molecule has 0 fully saturated rings. The van der Waals surface area contributed by atoms with Crippen molar-refractivity contribution in [3.05, 3.63) is 22.7 Å². The number of hydrogen-bond donors (Lipinski definition) is 1. The highest BCUT2D eigenvalue weighted by Gasteiger charge is 2.17. The van der Waals surface area contributed by atoms with Crippen molar-refractivity contribution < 1.29 is 18.6 Å². The minimum absolute atomic E-state index is 0.0530. The van der Waals surface area contributed by atoms with Gasteiger partial charge in [-0.05, 0) is 6.07 Å². The summed E-state index contributed by atoms with van der Waals surface area (Å²) in [5.74, 6) is -0.621. The van der Waals surface area contributed by atoms with Crippen molar-refractivity contribution in [3.8, 4) is 11.5 Å². The molecule has 0 saturated heterocycles. The van der Waals surface area contributed by atoms with Crippen LogP contribution in [0.3, 0.4) is 0 Å². The van der Waals surface area contributed by atoms with Crippen LogP contribution in [0.25, 0.3) is 0 Å². The molecule has 13 heavy (non-hydrogen) atoms. The van der Waals surface area contributed by atoms with E-state index < -0.39 is 17.7 Å². The molecule has 1 rings (SSSR count). The van der Waals surface area contributed by atoms with E-state index in [1.807, 2.05) is 0 Å². The number of phenols is 1. The van der Waals surface area contributed by atoms with E-state index in [-0.39, 0.29) is 10.8 Å². The summed E-state index contributed by atoms with van der Waals surface area (Å²) in [4.78, 5) is 0. The molecule has 0 unspecified atom stereocenters. The van der Waals surface area contributed by atoms with Gasteiger partial charge >= 0.3 is 0 Å². The summed E-state index contributed by atoms with van der Waals surface area (Å²) in [6.07, 6.45) is -2.77. The van der Waals surface area contributed by atoms with Crippen molar-refractivity contribution in [1.29, 1.82) is 0 Å². The van der Waals surface area contributed by atoms with Crippen LogP contribution in [-0.4, -0.2) is 12.2 Å². The lowest BCUT2D eigenvalue weighted by molar-refractivity contribution is 0.146. The molecule has 0 aliphatic carbocycles. The van der Waals surface area contributed by atoms with Crippen molar-refractivity contribution in [2.75, 3.05) is 7.11 Å². The molecule has 1 aromatic carbocycles. The van der Waals surface area contributed by atoms with Gasteiger partial charge in [-0.3, -0.25) is 0 Å². The first-order valence-corrected chi connectivity index (χ1v) is 3.78. The first-order chi connectivity index (χ1) is 6.06. The van der Waals surface area contributed by atoms with Crippen molar-refractivity contribution in [3.63, 3.8) is 0 Å². The highest BCUT2D eigenvalue weighted by molar-refractivity contribution is 6.30. The second-order valence-corrected chi connectivity index (χ2v) is 2.78. The predicted octanol–water partition coefficient (Wildman–Crippen LogP) is 2.99. The van der Waals surface area contributed by atoms with Gasteiger partial charge in [0.25, 0.3) is 6.43 Å². The predicted molar refractivity (Wildman–Crippen MR) is 44.6 cm³/mol. The third-order valence-corrected chi connectivity index (χ3v) is 1.74. The maximum atomic E-state index is 12.3. The maximum Gasteiger partial charge on any atom is 0.267 e. The summed E-state index contributed by atoms with van der Waals surface area (Å²) in [5.41, 5.74) is -0.524. The van der Waals surface area contributed by atoms with Crippen LogP contribution in [0.4, 0.5) is 8.78 Å². The second-order valence-electron chi connectivity index (χ2n) is 2.35. The fourth-order valence-electron chi connectivity index (χ4n) is 0.916. The van der Waals surface area contributed by atoms with Crippen LogP contribution in [0.2, 0.25) is 5.02 Å². The van der Waals surface area contributed by atoms with E-state index >= 15 is 0 Å². The first-order valence-electron chi connectivity index (χ1n) is 3.40. The van der Waals surface area contributed by atoms with E-state index in [1.54, 1.807) is 0 Å². The maximum absolute atomic E-state index is 12.3. The lowest BCUT2D eigenvalue weighted by atomic mass is 10.2. The Labute approximate surface area is 78.7 Å². The molecule has 5 heteroatoms. The van der Waals surface area contributed by atoms with E-state index in [0.717, 1.165) is 6.07 Å². The fourth-order valence-corrected chi connectivity index (χ4v) is 1.13. The number of alkyl halides is 2. The monoisotopic (exact) mass is 208 g/mol. The molecule has 0 aliphatic rings. The summed E-state index contributed by atoms with van der Waals surface area (Å²) in [5, 5.41) is 9.32. The molecule has 0 radical (unpaired) electrons. The number of ether oxygens (including phenoxy) is 1. The molecule has 0 aliphatic heterocycles. The average Bonchev–Trinajstić information content (AvgIpc) is 2.08. The summed E-state index contributed by atoms with van der Waals surface area (Å²) in [6, 6.07) is 2.27. The fraction of sp³-hybridized carbons (Fsp3) is 0.250. The third-order valence-electron chi connectivity index (χ3n) is 1.52. The third kappa shape index (κ3) is 2.01. The lowest BCUT2D eigenvalue weighted by Crippen LogP contribution is -1.90. The Morgan fingerprint density at radius 3 is 2.54 bits per heavy atom. The molecule has 2 nitrogen and oxygen atoms in total. The molecule has 0 saturated carbocycles. The van der Waals surface area contributed by atoms with Gasteiger partial charge in [0.15, 0.2) is 11.5 Å². The van der Waals surface area contributed by atoms with Crippen molar-refractivity contribution >= 4 is 11.6 Å². The normalized spacial score (nSPS) is 10.5. The van der Waals surface area contributed by atoms with E-state index in [4.69, 9.17) is 11.6 Å². The number of benzene rings is 1. The zero-order chi connectivity index (χ0) is 10.0. The molecule has 0 spiro atoms. The molecular formula is C8H7ClF2O2. The average molecular weight is 209 g/mol. The van der Waals surface area contributed by atoms with E-state index in [2.05, 4.69) is 4.74 Å². The Morgan fingerprint density at radius 2 is 2.08 bits per heavy atom. The number of aromatic hydroxyl groups is 1. The van der Waals surface area contributed by atoms with Crippen molar-refractivity contribution in [2.45, 2.75) is 6.43 Å². The van der Waals surface area contributed by atoms with Crippen LogP contribution in [0.1, 0.15) is 12.0 Å². The summed E-state index contributed by atoms with van der Waals surface area (Å²) in [6.45, 7) is 0. The minimum Gasteiger partial charge on any atom is -0.504 e. The van der Waals surface area contributed by atoms with Gasteiger partial charge in [-0.25, -0.2) is 8.78 Å². The zero-order valence-electron chi connectivity index (χ0n) is 6.72. The Hall–Kier alpha value is -1.03. The Balaban J connectivity index is 3.27. The molecular weight excluding hydrogens is 202 g/mol. The van der Waals surface area contributed by atoms with Gasteiger partial charge in [0.1, 0.15) is 0 Å². The van der Waals surface area contributed by atoms with Crippen molar-refractivity contribution in [2.24, 2.45) is 0 Å². The quantitative estimate of drug-likeness (QED) is 0.810. The van der Waals surface area contributed by atoms with Crippen LogP contribution in [0.5, 0.6) is 11.5 Å². The minimum atomic E-state index is -2.77. The van der Waals surface area contributed by atoms with Crippen LogP contribution in [0, 0.1) is 0 Å². The van der Waals surface area contributed by atoms with Gasteiger partial charge in [0.05, 0.1) is 12.7 Å². The van der Waals surface area contributed by atoms with Crippen molar-refractivity contribution in [1.82, 2.24) is 0 Å². The number of rotatable bonds is 2. The van der Waals surface area contributed by atoms with Crippen LogP contribution in [0.15, 0.2) is 12.1 Å². The smallest absolute Gasteiger partial charge is 0.267 e. The number of halogens is 3. The first kappa shape index (κ1) is 10.1. The van der Waals surface area contributed by atoms with Gasteiger partial charge in [-0.1, -0.05) is 11.6 Å². The molecule has 0 atom stereocenters. The lowest BCUT2D eigenvalue weighted by Gasteiger charge is -2.08. The number of phenolic OH excluding ortho intramolecular Hbond substituents is 1. The molecule has 1 aromatic rings. The van der Waals surface area contributed by atoms with Crippen LogP contribution in [-0.2, 0) is 0 Å². The zero-order valence-corrected chi connectivity index (χ0v) is 7.48. The van der Waals surface area contributed by atoms with Gasteiger partial charge in [0.2, 0.25) is 0 Å². The summed E-state index contributed by atoms with van der Waals surface area (Å²) in [7, 11) is 1.26. The largest absolute Gasteiger partial charge is 0.504 e. The van der Waals surface area contributed by atoms with E-state index in [1.165, 1.54) is 13.2 Å². The molecule has 0 aromatic heterocycles. The van der Waals surface area contributed by atoms with Gasteiger partial charge in [0, 0.05) is 11.1 Å². The number of hydrogen-bond acceptors (Lipinski definition) is 2. The molecule has 0 heterocycles. The highest BCUT2D eigenvalue weighted by atomic mass is 35.5. The van der Waals surface area contributed by atoms with Crippen LogP contribution < -0.4 is 4.74 Å². The molecule has 0 amide bonds.